The molecule has 1 aromatic carbocycles. The molecule has 1 N–H and O–H groups in total. The highest BCUT2D eigenvalue weighted by molar-refractivity contribution is 7.99. The van der Waals surface area contributed by atoms with Gasteiger partial charge in [0.1, 0.15) is 0 Å². The molecule has 0 saturated carbocycles. The minimum Gasteiger partial charge on any atom is -0.313 e. The van der Waals surface area contributed by atoms with Gasteiger partial charge in [-0.05, 0) is 24.2 Å². The van der Waals surface area contributed by atoms with Gasteiger partial charge in [0.15, 0.2) is 0 Å². The fourth-order valence-electron chi connectivity index (χ4n) is 1.14. The maximum Gasteiger partial charge on any atom is 0.398 e. The van der Waals surface area contributed by atoms with Gasteiger partial charge >= 0.3 is 6.18 Å². The molecule has 5 heteroatoms. The third-order valence-corrected chi connectivity index (χ3v) is 2.98. The van der Waals surface area contributed by atoms with Crippen LogP contribution in [0.15, 0.2) is 29.2 Å². The lowest BCUT2D eigenvalue weighted by Crippen LogP contribution is -2.11. The molecule has 0 heterocycles. The van der Waals surface area contributed by atoms with Gasteiger partial charge in [-0.1, -0.05) is 19.1 Å². The van der Waals surface area contributed by atoms with Crippen molar-refractivity contribution >= 4 is 11.8 Å². The zero-order valence-electron chi connectivity index (χ0n) is 8.97. The molecule has 0 aliphatic carbocycles. The van der Waals surface area contributed by atoms with Gasteiger partial charge < -0.3 is 5.32 Å². The van der Waals surface area contributed by atoms with Crippen LogP contribution in [0.2, 0.25) is 0 Å². The van der Waals surface area contributed by atoms with Crippen molar-refractivity contribution in [2.24, 2.45) is 0 Å². The minimum absolute atomic E-state index is 0.651. The summed E-state index contributed by atoms with van der Waals surface area (Å²) in [5.41, 5.74) is 1.08. The van der Waals surface area contributed by atoms with Gasteiger partial charge in [-0.15, -0.1) is 11.8 Å². The Morgan fingerprint density at radius 3 is 2.31 bits per heavy atom. The van der Waals surface area contributed by atoms with E-state index in [-0.39, 0.29) is 0 Å². The number of hydrogen-bond donors (Lipinski definition) is 1. The van der Waals surface area contributed by atoms with Crippen LogP contribution in [0.5, 0.6) is 0 Å². The Hall–Kier alpha value is -0.680. The van der Waals surface area contributed by atoms with E-state index in [1.54, 1.807) is 12.1 Å². The van der Waals surface area contributed by atoms with Crippen LogP contribution < -0.4 is 5.32 Å². The van der Waals surface area contributed by atoms with Gasteiger partial charge in [0.05, 0.1) is 5.75 Å². The first-order valence-corrected chi connectivity index (χ1v) is 5.99. The molecule has 0 radical (unpaired) electrons. The highest BCUT2D eigenvalue weighted by atomic mass is 32.2. The van der Waals surface area contributed by atoms with E-state index in [0.717, 1.165) is 30.4 Å². The minimum atomic E-state index is -4.10. The molecule has 1 aromatic rings. The van der Waals surface area contributed by atoms with E-state index < -0.39 is 11.9 Å². The molecule has 0 spiro atoms. The zero-order chi connectivity index (χ0) is 12.0. The molecule has 0 unspecified atom stereocenters. The molecule has 0 bridgehead atoms. The predicted octanol–water partition coefficient (Wildman–Crippen LogP) is 3.45. The highest BCUT2D eigenvalue weighted by Gasteiger charge is 2.27. The van der Waals surface area contributed by atoms with Crippen LogP contribution in [0.25, 0.3) is 0 Å². The quantitative estimate of drug-likeness (QED) is 0.802. The molecule has 1 nitrogen and oxygen atoms in total. The van der Waals surface area contributed by atoms with E-state index in [4.69, 9.17) is 0 Å². The van der Waals surface area contributed by atoms with Crippen LogP contribution in [-0.4, -0.2) is 18.5 Å². The van der Waals surface area contributed by atoms with Gasteiger partial charge in [0.25, 0.3) is 0 Å². The number of hydrogen-bond acceptors (Lipinski definition) is 2. The fourth-order valence-corrected chi connectivity index (χ4v) is 1.80. The van der Waals surface area contributed by atoms with E-state index in [2.05, 4.69) is 5.32 Å². The summed E-state index contributed by atoms with van der Waals surface area (Å²) >= 11 is 0.814. The molecule has 0 amide bonds. The van der Waals surface area contributed by atoms with Gasteiger partial charge in [-0.25, -0.2) is 0 Å². The summed E-state index contributed by atoms with van der Waals surface area (Å²) in [4.78, 5) is 0.651. The van der Waals surface area contributed by atoms with E-state index >= 15 is 0 Å². The maximum atomic E-state index is 12.0. The van der Waals surface area contributed by atoms with Crippen molar-refractivity contribution < 1.29 is 13.2 Å². The van der Waals surface area contributed by atoms with Crippen molar-refractivity contribution in [1.29, 1.82) is 0 Å². The Kier molecular flexibility index (Phi) is 5.15. The van der Waals surface area contributed by atoms with Crippen molar-refractivity contribution in [1.82, 2.24) is 5.32 Å². The average Bonchev–Trinajstić information content (AvgIpc) is 2.24. The Morgan fingerprint density at radius 1 is 1.19 bits per heavy atom. The van der Waals surface area contributed by atoms with Crippen LogP contribution in [0, 0.1) is 0 Å². The lowest BCUT2D eigenvalue weighted by Gasteiger charge is -2.07. The lowest BCUT2D eigenvalue weighted by atomic mass is 10.2. The number of nitrogens with one attached hydrogen (secondary N) is 1. The molecular weight excluding hydrogens is 235 g/mol. The monoisotopic (exact) mass is 249 g/mol. The van der Waals surface area contributed by atoms with Gasteiger partial charge in [0.2, 0.25) is 0 Å². The second-order valence-electron chi connectivity index (χ2n) is 3.33. The zero-order valence-corrected chi connectivity index (χ0v) is 9.79. The number of benzene rings is 1. The van der Waals surface area contributed by atoms with Gasteiger partial charge in [-0.3, -0.25) is 0 Å². The Balaban J connectivity index is 2.45. The third kappa shape index (κ3) is 5.42. The van der Waals surface area contributed by atoms with E-state index in [9.17, 15) is 13.2 Å². The Bertz CT molecular complexity index is 308. The second-order valence-corrected chi connectivity index (χ2v) is 4.38. The first-order valence-electron chi connectivity index (χ1n) is 5.00. The molecule has 0 aliphatic rings. The van der Waals surface area contributed by atoms with E-state index in [0.29, 0.717) is 4.90 Å². The van der Waals surface area contributed by atoms with E-state index in [1.807, 2.05) is 19.1 Å². The summed E-state index contributed by atoms with van der Waals surface area (Å²) in [6.07, 6.45) is -4.10. The Labute approximate surface area is 97.4 Å². The summed E-state index contributed by atoms with van der Waals surface area (Å²) in [6, 6.07) is 7.15. The summed E-state index contributed by atoms with van der Waals surface area (Å²) < 4.78 is 35.9. The summed E-state index contributed by atoms with van der Waals surface area (Å²) in [7, 11) is 0. The largest absolute Gasteiger partial charge is 0.398 e. The smallest absolute Gasteiger partial charge is 0.313 e. The van der Waals surface area contributed by atoms with E-state index in [1.165, 1.54) is 0 Å². The molecule has 16 heavy (non-hydrogen) atoms. The molecule has 0 fully saturated rings. The molecular formula is C11H14F3NS. The Morgan fingerprint density at radius 2 is 1.81 bits per heavy atom. The van der Waals surface area contributed by atoms with Crippen molar-refractivity contribution in [2.45, 2.75) is 24.5 Å². The summed E-state index contributed by atoms with van der Waals surface area (Å²) in [5.74, 6) is -0.834. The standard InChI is InChI=1S/C11H14F3NS/c1-2-15-7-9-3-5-10(6-4-9)16-8-11(12,13)14/h3-6,15H,2,7-8H2,1H3. The summed E-state index contributed by atoms with van der Waals surface area (Å²) in [6.45, 7) is 3.64. The molecule has 0 aromatic heterocycles. The predicted molar refractivity (Wildman–Crippen MR) is 60.6 cm³/mol. The van der Waals surface area contributed by atoms with Crippen LogP contribution in [0.3, 0.4) is 0 Å². The fraction of sp³-hybridized carbons (Fsp3) is 0.455. The molecule has 1 rings (SSSR count). The first kappa shape index (κ1) is 13.4. The highest BCUT2D eigenvalue weighted by Crippen LogP contribution is 2.27. The molecule has 0 aliphatic heterocycles. The van der Waals surface area contributed by atoms with Crippen molar-refractivity contribution in [2.75, 3.05) is 12.3 Å². The second kappa shape index (κ2) is 6.15. The number of alkyl halides is 3. The number of rotatable bonds is 5. The normalized spacial score (nSPS) is 11.8. The van der Waals surface area contributed by atoms with Crippen LogP contribution in [0.1, 0.15) is 12.5 Å². The van der Waals surface area contributed by atoms with Crippen molar-refractivity contribution in [3.63, 3.8) is 0 Å². The SMILES string of the molecule is CCNCc1ccc(SCC(F)(F)F)cc1. The van der Waals surface area contributed by atoms with Gasteiger partial charge in [-0.2, -0.15) is 13.2 Å². The average molecular weight is 249 g/mol. The van der Waals surface area contributed by atoms with Crippen LogP contribution in [0.4, 0.5) is 13.2 Å². The third-order valence-electron chi connectivity index (χ3n) is 1.90. The topological polar surface area (TPSA) is 12.0 Å². The summed E-state index contributed by atoms with van der Waals surface area (Å²) in [5, 5.41) is 3.15. The molecule has 0 atom stereocenters. The molecule has 90 valence electrons. The molecule has 0 saturated heterocycles. The van der Waals surface area contributed by atoms with Crippen LogP contribution in [-0.2, 0) is 6.54 Å². The maximum absolute atomic E-state index is 12.0. The lowest BCUT2D eigenvalue weighted by molar-refractivity contribution is -0.105. The van der Waals surface area contributed by atoms with Gasteiger partial charge in [0, 0.05) is 11.4 Å². The first-order chi connectivity index (χ1) is 7.51. The number of halogens is 3. The number of thioether (sulfide) groups is 1. The van der Waals surface area contributed by atoms with Crippen molar-refractivity contribution in [3.05, 3.63) is 29.8 Å². The van der Waals surface area contributed by atoms with Crippen molar-refractivity contribution in [3.8, 4) is 0 Å². The van der Waals surface area contributed by atoms with Crippen LogP contribution >= 0.6 is 11.8 Å².